The summed E-state index contributed by atoms with van der Waals surface area (Å²) in [5.74, 6) is 1.86. The quantitative estimate of drug-likeness (QED) is 0.738. The predicted molar refractivity (Wildman–Crippen MR) is 82.8 cm³/mol. The van der Waals surface area contributed by atoms with E-state index in [9.17, 15) is 0 Å². The molecule has 4 nitrogen and oxygen atoms in total. The van der Waals surface area contributed by atoms with Crippen molar-refractivity contribution in [3.8, 4) is 10.8 Å². The van der Waals surface area contributed by atoms with Gasteiger partial charge in [-0.2, -0.15) is 4.98 Å². The SMILES string of the molecule is Cc1csc(-c2nc(CSc3ccccc3)no2)c1N. The van der Waals surface area contributed by atoms with Crippen molar-refractivity contribution in [2.24, 2.45) is 0 Å². The lowest BCUT2D eigenvalue weighted by atomic mass is 10.3. The lowest BCUT2D eigenvalue weighted by Crippen LogP contribution is -1.88. The summed E-state index contributed by atoms with van der Waals surface area (Å²) in [6, 6.07) is 10.1. The molecule has 6 heteroatoms. The van der Waals surface area contributed by atoms with Crippen molar-refractivity contribution in [1.29, 1.82) is 0 Å². The third-order valence-corrected chi connectivity index (χ3v) is 4.91. The summed E-state index contributed by atoms with van der Waals surface area (Å²) >= 11 is 3.21. The first-order valence-corrected chi connectivity index (χ1v) is 7.95. The fraction of sp³-hybridized carbons (Fsp3) is 0.143. The summed E-state index contributed by atoms with van der Waals surface area (Å²) < 4.78 is 5.29. The van der Waals surface area contributed by atoms with Crippen molar-refractivity contribution in [2.45, 2.75) is 17.6 Å². The van der Waals surface area contributed by atoms with E-state index in [1.807, 2.05) is 30.5 Å². The molecule has 0 radical (unpaired) electrons. The highest BCUT2D eigenvalue weighted by atomic mass is 32.2. The van der Waals surface area contributed by atoms with E-state index < -0.39 is 0 Å². The highest BCUT2D eigenvalue weighted by Gasteiger charge is 2.15. The smallest absolute Gasteiger partial charge is 0.270 e. The fourth-order valence-corrected chi connectivity index (χ4v) is 3.34. The van der Waals surface area contributed by atoms with E-state index in [-0.39, 0.29) is 0 Å². The van der Waals surface area contributed by atoms with Gasteiger partial charge >= 0.3 is 0 Å². The lowest BCUT2D eigenvalue weighted by molar-refractivity contribution is 0.426. The van der Waals surface area contributed by atoms with Crippen molar-refractivity contribution >= 4 is 28.8 Å². The molecule has 0 atom stereocenters. The van der Waals surface area contributed by atoms with Crippen molar-refractivity contribution in [1.82, 2.24) is 10.1 Å². The van der Waals surface area contributed by atoms with Gasteiger partial charge in [-0.25, -0.2) is 0 Å². The molecule has 2 heterocycles. The maximum atomic E-state index is 5.99. The summed E-state index contributed by atoms with van der Waals surface area (Å²) in [5, 5.41) is 6.00. The molecule has 2 aromatic heterocycles. The molecule has 0 amide bonds. The van der Waals surface area contributed by atoms with Crippen LogP contribution >= 0.6 is 23.1 Å². The molecule has 0 saturated heterocycles. The number of benzene rings is 1. The molecule has 102 valence electrons. The van der Waals surface area contributed by atoms with Gasteiger partial charge in [-0.15, -0.1) is 23.1 Å². The second kappa shape index (κ2) is 5.68. The van der Waals surface area contributed by atoms with Crippen LogP contribution in [0.25, 0.3) is 10.8 Å². The zero-order valence-corrected chi connectivity index (χ0v) is 12.5. The zero-order chi connectivity index (χ0) is 13.9. The van der Waals surface area contributed by atoms with E-state index in [4.69, 9.17) is 10.3 Å². The number of anilines is 1. The first-order valence-electron chi connectivity index (χ1n) is 6.08. The van der Waals surface area contributed by atoms with E-state index in [2.05, 4.69) is 22.3 Å². The van der Waals surface area contributed by atoms with Crippen LogP contribution in [0, 0.1) is 6.92 Å². The van der Waals surface area contributed by atoms with Crippen LogP contribution in [-0.4, -0.2) is 10.1 Å². The van der Waals surface area contributed by atoms with Gasteiger partial charge in [0.05, 0.1) is 11.4 Å². The van der Waals surface area contributed by atoms with E-state index in [1.54, 1.807) is 11.8 Å². The number of nitrogen functional groups attached to an aromatic ring is 1. The molecule has 0 unspecified atom stereocenters. The van der Waals surface area contributed by atoms with E-state index in [0.717, 1.165) is 16.1 Å². The van der Waals surface area contributed by atoms with Crippen LogP contribution in [0.4, 0.5) is 5.69 Å². The molecule has 0 aliphatic heterocycles. The summed E-state index contributed by atoms with van der Waals surface area (Å²) in [6.07, 6.45) is 0. The number of nitrogens with two attached hydrogens (primary N) is 1. The molecule has 0 saturated carbocycles. The first kappa shape index (κ1) is 13.2. The predicted octanol–water partition coefficient (Wildman–Crippen LogP) is 3.98. The van der Waals surface area contributed by atoms with Crippen LogP contribution in [0.15, 0.2) is 45.1 Å². The Morgan fingerprint density at radius 1 is 1.30 bits per heavy atom. The van der Waals surface area contributed by atoms with E-state index >= 15 is 0 Å². The Bertz CT molecular complexity index is 706. The number of aryl methyl sites for hydroxylation is 1. The maximum Gasteiger partial charge on any atom is 0.270 e. The summed E-state index contributed by atoms with van der Waals surface area (Å²) in [4.78, 5) is 6.44. The average molecular weight is 303 g/mol. The third-order valence-electron chi connectivity index (χ3n) is 2.80. The molecule has 0 aliphatic rings. The normalized spacial score (nSPS) is 10.8. The molecule has 0 fully saturated rings. The van der Waals surface area contributed by atoms with Crippen LogP contribution in [0.1, 0.15) is 11.4 Å². The Labute approximate surface area is 125 Å². The molecule has 3 aromatic rings. The summed E-state index contributed by atoms with van der Waals surface area (Å²) in [7, 11) is 0. The van der Waals surface area contributed by atoms with Gasteiger partial charge < -0.3 is 10.3 Å². The largest absolute Gasteiger partial charge is 0.397 e. The van der Waals surface area contributed by atoms with Gasteiger partial charge in [0.2, 0.25) is 0 Å². The van der Waals surface area contributed by atoms with E-state index in [0.29, 0.717) is 17.5 Å². The number of rotatable bonds is 4. The van der Waals surface area contributed by atoms with Gasteiger partial charge in [0, 0.05) is 4.90 Å². The summed E-state index contributed by atoms with van der Waals surface area (Å²) in [6.45, 7) is 1.97. The van der Waals surface area contributed by atoms with Crippen LogP contribution in [0.3, 0.4) is 0 Å². The van der Waals surface area contributed by atoms with Gasteiger partial charge in [0.15, 0.2) is 5.82 Å². The van der Waals surface area contributed by atoms with Crippen LogP contribution < -0.4 is 5.73 Å². The van der Waals surface area contributed by atoms with Crippen LogP contribution in [0.2, 0.25) is 0 Å². The number of nitrogens with zero attached hydrogens (tertiary/aromatic N) is 2. The molecule has 0 aliphatic carbocycles. The van der Waals surface area contributed by atoms with Crippen molar-refractivity contribution in [3.05, 3.63) is 47.1 Å². The molecule has 2 N–H and O–H groups in total. The monoisotopic (exact) mass is 303 g/mol. The second-order valence-corrected chi connectivity index (χ2v) is 6.21. The number of thioether (sulfide) groups is 1. The second-order valence-electron chi connectivity index (χ2n) is 4.28. The van der Waals surface area contributed by atoms with Crippen LogP contribution in [-0.2, 0) is 5.75 Å². The Balaban J connectivity index is 1.73. The third kappa shape index (κ3) is 2.71. The number of hydrogen-bond acceptors (Lipinski definition) is 6. The van der Waals surface area contributed by atoms with Gasteiger partial charge in [-0.1, -0.05) is 23.4 Å². The summed E-state index contributed by atoms with van der Waals surface area (Å²) in [5.41, 5.74) is 7.75. The van der Waals surface area contributed by atoms with Crippen molar-refractivity contribution in [2.75, 3.05) is 5.73 Å². The molecular formula is C14H13N3OS2. The number of hydrogen-bond donors (Lipinski definition) is 1. The first-order chi connectivity index (χ1) is 9.74. The molecule has 20 heavy (non-hydrogen) atoms. The zero-order valence-electron chi connectivity index (χ0n) is 10.9. The average Bonchev–Trinajstić information content (AvgIpc) is 3.06. The van der Waals surface area contributed by atoms with Gasteiger partial charge in [0.1, 0.15) is 4.88 Å². The van der Waals surface area contributed by atoms with Crippen LogP contribution in [0.5, 0.6) is 0 Å². The molecule has 0 bridgehead atoms. The number of thiophene rings is 1. The molecular weight excluding hydrogens is 290 g/mol. The standard InChI is InChI=1S/C14H13N3OS2/c1-9-7-20-13(12(9)15)14-16-11(17-18-14)8-19-10-5-3-2-4-6-10/h2-7H,8,15H2,1H3. The minimum Gasteiger partial charge on any atom is -0.397 e. The van der Waals surface area contributed by atoms with E-state index in [1.165, 1.54) is 16.2 Å². The fourth-order valence-electron chi connectivity index (χ4n) is 1.69. The Morgan fingerprint density at radius 2 is 2.10 bits per heavy atom. The highest BCUT2D eigenvalue weighted by molar-refractivity contribution is 7.98. The van der Waals surface area contributed by atoms with Crippen molar-refractivity contribution in [3.63, 3.8) is 0 Å². The Kier molecular flexibility index (Phi) is 3.75. The maximum absolute atomic E-state index is 5.99. The Hall–Kier alpha value is -1.79. The topological polar surface area (TPSA) is 64.9 Å². The molecule has 3 rings (SSSR count). The molecule has 1 aromatic carbocycles. The van der Waals surface area contributed by atoms with Gasteiger partial charge in [-0.05, 0) is 30.0 Å². The molecule has 0 spiro atoms. The minimum absolute atomic E-state index is 0.504. The lowest BCUT2D eigenvalue weighted by Gasteiger charge is -1.96. The minimum atomic E-state index is 0.504. The Morgan fingerprint density at radius 3 is 2.80 bits per heavy atom. The number of aromatic nitrogens is 2. The van der Waals surface area contributed by atoms with Gasteiger partial charge in [0.25, 0.3) is 5.89 Å². The highest BCUT2D eigenvalue weighted by Crippen LogP contribution is 2.34. The van der Waals surface area contributed by atoms with Gasteiger partial charge in [-0.3, -0.25) is 0 Å². The van der Waals surface area contributed by atoms with Crippen molar-refractivity contribution < 1.29 is 4.52 Å².